The summed E-state index contributed by atoms with van der Waals surface area (Å²) in [5.74, 6) is 0.756. The van der Waals surface area contributed by atoms with Gasteiger partial charge in [0.05, 0.1) is 5.60 Å². The smallest absolute Gasteiger partial charge is 0.0906 e. The summed E-state index contributed by atoms with van der Waals surface area (Å²) >= 11 is 0. The Morgan fingerprint density at radius 1 is 1.38 bits per heavy atom. The maximum absolute atomic E-state index is 5.87. The molecule has 0 amide bonds. The van der Waals surface area contributed by atoms with Gasteiger partial charge in [-0.1, -0.05) is 20.8 Å². The summed E-state index contributed by atoms with van der Waals surface area (Å²) in [6, 6.07) is 0. The number of nitrogens with zero attached hydrogens (tertiary/aromatic N) is 1. The van der Waals surface area contributed by atoms with Crippen molar-refractivity contribution < 1.29 is 4.74 Å². The lowest BCUT2D eigenvalue weighted by molar-refractivity contribution is -0.132. The van der Waals surface area contributed by atoms with E-state index in [1.807, 2.05) is 0 Å². The fraction of sp³-hybridized carbons (Fsp3) is 1.00. The van der Waals surface area contributed by atoms with E-state index >= 15 is 0 Å². The molecule has 0 aliphatic carbocycles. The molecule has 0 radical (unpaired) electrons. The van der Waals surface area contributed by atoms with Gasteiger partial charge in [-0.2, -0.15) is 0 Å². The molecule has 2 heteroatoms. The normalized spacial score (nSPS) is 21.9. The van der Waals surface area contributed by atoms with Crippen LogP contribution >= 0.6 is 0 Å². The highest BCUT2D eigenvalue weighted by Crippen LogP contribution is 2.24. The second-order valence-electron chi connectivity index (χ2n) is 4.78. The van der Waals surface area contributed by atoms with E-state index in [0.29, 0.717) is 0 Å². The van der Waals surface area contributed by atoms with Crippen LogP contribution in [0.4, 0.5) is 0 Å². The first-order valence-electron chi connectivity index (χ1n) is 5.42. The van der Waals surface area contributed by atoms with Gasteiger partial charge in [-0.3, -0.25) is 4.90 Å². The number of ether oxygens (including phenoxy) is 1. The van der Waals surface area contributed by atoms with Crippen LogP contribution in [-0.4, -0.2) is 36.7 Å². The van der Waals surface area contributed by atoms with Crippen LogP contribution in [0.15, 0.2) is 0 Å². The maximum atomic E-state index is 5.87. The molecule has 78 valence electrons. The average Bonchev–Trinajstić information content (AvgIpc) is 1.98. The zero-order valence-electron chi connectivity index (χ0n) is 9.47. The molecule has 1 saturated heterocycles. The van der Waals surface area contributed by atoms with Crippen LogP contribution in [0.2, 0.25) is 0 Å². The van der Waals surface area contributed by atoms with Crippen molar-refractivity contribution in [3.05, 3.63) is 0 Å². The Hall–Kier alpha value is -0.0800. The average molecular weight is 185 g/mol. The van der Waals surface area contributed by atoms with Gasteiger partial charge >= 0.3 is 0 Å². The van der Waals surface area contributed by atoms with Crippen molar-refractivity contribution in [2.75, 3.05) is 26.2 Å². The van der Waals surface area contributed by atoms with Crippen LogP contribution in [-0.2, 0) is 4.74 Å². The number of likely N-dealkylation sites (tertiary alicyclic amines) is 1. The van der Waals surface area contributed by atoms with E-state index in [1.54, 1.807) is 0 Å². The summed E-state index contributed by atoms with van der Waals surface area (Å²) in [6.45, 7) is 13.2. The van der Waals surface area contributed by atoms with Gasteiger partial charge in [-0.25, -0.2) is 0 Å². The second-order valence-corrected chi connectivity index (χ2v) is 4.78. The Bertz CT molecular complexity index is 150. The molecule has 0 N–H and O–H groups in total. The SMILES string of the molecule is CCN1CC(C)(OCCC(C)C)C1. The molecule has 1 aliphatic heterocycles. The first-order chi connectivity index (χ1) is 6.06. The first kappa shape index (κ1) is 11.0. The molecule has 1 heterocycles. The number of hydrogen-bond acceptors (Lipinski definition) is 2. The van der Waals surface area contributed by atoms with Gasteiger partial charge in [0.15, 0.2) is 0 Å². The van der Waals surface area contributed by atoms with E-state index in [4.69, 9.17) is 4.74 Å². The Morgan fingerprint density at radius 3 is 2.46 bits per heavy atom. The molecule has 0 atom stereocenters. The van der Waals surface area contributed by atoms with Crippen molar-refractivity contribution in [2.24, 2.45) is 5.92 Å². The molecule has 1 rings (SSSR count). The Morgan fingerprint density at radius 2 is 2.00 bits per heavy atom. The van der Waals surface area contributed by atoms with Crippen molar-refractivity contribution in [3.63, 3.8) is 0 Å². The van der Waals surface area contributed by atoms with E-state index in [9.17, 15) is 0 Å². The Balaban J connectivity index is 2.09. The molecule has 0 aromatic carbocycles. The fourth-order valence-corrected chi connectivity index (χ4v) is 1.76. The molecule has 2 nitrogen and oxygen atoms in total. The monoisotopic (exact) mass is 185 g/mol. The minimum Gasteiger partial charge on any atom is -0.373 e. The predicted molar refractivity (Wildman–Crippen MR) is 55.9 cm³/mol. The van der Waals surface area contributed by atoms with Gasteiger partial charge in [0.2, 0.25) is 0 Å². The number of likely N-dealkylation sites (N-methyl/N-ethyl adjacent to an activating group) is 1. The molecule has 0 aromatic heterocycles. The largest absolute Gasteiger partial charge is 0.373 e. The lowest BCUT2D eigenvalue weighted by atomic mass is 9.96. The van der Waals surface area contributed by atoms with E-state index < -0.39 is 0 Å². The molecular formula is C11H23NO. The highest BCUT2D eigenvalue weighted by Gasteiger charge is 2.38. The summed E-state index contributed by atoms with van der Waals surface area (Å²) in [7, 11) is 0. The Kier molecular flexibility index (Phi) is 3.74. The summed E-state index contributed by atoms with van der Waals surface area (Å²) in [5.41, 5.74) is 0.158. The van der Waals surface area contributed by atoms with Crippen molar-refractivity contribution in [1.29, 1.82) is 0 Å². The predicted octanol–water partition coefficient (Wildman–Crippen LogP) is 2.14. The zero-order chi connectivity index (χ0) is 9.90. The lowest BCUT2D eigenvalue weighted by Crippen LogP contribution is -2.61. The molecule has 0 spiro atoms. The minimum absolute atomic E-state index is 0.158. The topological polar surface area (TPSA) is 12.5 Å². The number of rotatable bonds is 5. The second kappa shape index (κ2) is 4.43. The molecule has 13 heavy (non-hydrogen) atoms. The molecule has 1 aliphatic rings. The highest BCUT2D eigenvalue weighted by molar-refractivity contribution is 4.92. The van der Waals surface area contributed by atoms with Gasteiger partial charge in [-0.15, -0.1) is 0 Å². The van der Waals surface area contributed by atoms with Crippen LogP contribution in [0, 0.1) is 5.92 Å². The van der Waals surface area contributed by atoms with E-state index in [-0.39, 0.29) is 5.60 Å². The first-order valence-corrected chi connectivity index (χ1v) is 5.42. The molecule has 1 fully saturated rings. The van der Waals surface area contributed by atoms with Gasteiger partial charge in [0, 0.05) is 19.7 Å². The maximum Gasteiger partial charge on any atom is 0.0906 e. The summed E-state index contributed by atoms with van der Waals surface area (Å²) in [5, 5.41) is 0. The standard InChI is InChI=1S/C11H23NO/c1-5-12-8-11(4,9-12)13-7-6-10(2)3/h10H,5-9H2,1-4H3. The molecular weight excluding hydrogens is 162 g/mol. The van der Waals surface area contributed by atoms with Crippen molar-refractivity contribution in [2.45, 2.75) is 39.7 Å². The molecule has 0 aromatic rings. The third-order valence-corrected chi connectivity index (χ3v) is 2.71. The lowest BCUT2D eigenvalue weighted by Gasteiger charge is -2.47. The van der Waals surface area contributed by atoms with Gasteiger partial charge in [-0.05, 0) is 25.8 Å². The van der Waals surface area contributed by atoms with Gasteiger partial charge in [0.1, 0.15) is 0 Å². The van der Waals surface area contributed by atoms with Crippen LogP contribution in [0.25, 0.3) is 0 Å². The van der Waals surface area contributed by atoms with Gasteiger partial charge in [0.25, 0.3) is 0 Å². The summed E-state index contributed by atoms with van der Waals surface area (Å²) in [4.78, 5) is 2.41. The van der Waals surface area contributed by atoms with Crippen LogP contribution < -0.4 is 0 Å². The van der Waals surface area contributed by atoms with E-state index in [0.717, 1.165) is 32.2 Å². The highest BCUT2D eigenvalue weighted by atomic mass is 16.5. The molecule has 0 saturated carbocycles. The Labute approximate surface area is 82.3 Å². The van der Waals surface area contributed by atoms with E-state index in [1.165, 1.54) is 6.42 Å². The number of hydrogen-bond donors (Lipinski definition) is 0. The third-order valence-electron chi connectivity index (χ3n) is 2.71. The molecule has 0 unspecified atom stereocenters. The van der Waals surface area contributed by atoms with Crippen LogP contribution in [0.5, 0.6) is 0 Å². The van der Waals surface area contributed by atoms with Gasteiger partial charge < -0.3 is 4.74 Å². The van der Waals surface area contributed by atoms with Crippen molar-refractivity contribution >= 4 is 0 Å². The molecule has 0 bridgehead atoms. The quantitative estimate of drug-likeness (QED) is 0.650. The van der Waals surface area contributed by atoms with Crippen molar-refractivity contribution in [3.8, 4) is 0 Å². The minimum atomic E-state index is 0.158. The third kappa shape index (κ3) is 3.28. The fourth-order valence-electron chi connectivity index (χ4n) is 1.76. The summed E-state index contributed by atoms with van der Waals surface area (Å²) < 4.78 is 5.87. The van der Waals surface area contributed by atoms with Crippen LogP contribution in [0.3, 0.4) is 0 Å². The van der Waals surface area contributed by atoms with E-state index in [2.05, 4.69) is 32.6 Å². The van der Waals surface area contributed by atoms with Crippen LogP contribution in [0.1, 0.15) is 34.1 Å². The van der Waals surface area contributed by atoms with Crippen molar-refractivity contribution in [1.82, 2.24) is 4.90 Å². The summed E-state index contributed by atoms with van der Waals surface area (Å²) in [6.07, 6.45) is 1.18. The zero-order valence-corrected chi connectivity index (χ0v) is 9.47.